The number of carbonyl (C=O) groups is 1. The number of benzene rings is 1. The van der Waals surface area contributed by atoms with Crippen LogP contribution < -0.4 is 15.0 Å². The minimum atomic E-state index is -0.0248. The number of anilines is 1. The van der Waals surface area contributed by atoms with Crippen LogP contribution in [0.1, 0.15) is 40.3 Å². The van der Waals surface area contributed by atoms with E-state index < -0.39 is 0 Å². The highest BCUT2D eigenvalue weighted by Gasteiger charge is 2.26. The second-order valence-electron chi connectivity index (χ2n) is 7.47. The summed E-state index contributed by atoms with van der Waals surface area (Å²) in [6.45, 7) is 6.14. The predicted molar refractivity (Wildman–Crippen MR) is 105 cm³/mol. The molecule has 0 aliphatic carbocycles. The number of nitrogens with zero attached hydrogens (tertiary/aromatic N) is 3. The number of aromatic nitrogens is 2. The van der Waals surface area contributed by atoms with Crippen molar-refractivity contribution in [3.05, 3.63) is 47.0 Å². The quantitative estimate of drug-likeness (QED) is 0.754. The van der Waals surface area contributed by atoms with Gasteiger partial charge in [-0.25, -0.2) is 9.97 Å². The number of amides is 1. The summed E-state index contributed by atoms with van der Waals surface area (Å²) >= 11 is 0. The number of hydrogen-bond donors (Lipinski definition) is 1. The molecule has 0 radical (unpaired) electrons. The number of hydrogen-bond acceptors (Lipinski definition) is 6. The Kier molecular flexibility index (Phi) is 3.96. The molecule has 1 amide bonds. The number of pyridine rings is 1. The predicted octanol–water partition coefficient (Wildman–Crippen LogP) is 3.13. The third-order valence-corrected chi connectivity index (χ3v) is 5.44. The Morgan fingerprint density at radius 1 is 1.18 bits per heavy atom. The summed E-state index contributed by atoms with van der Waals surface area (Å²) in [4.78, 5) is 23.2. The van der Waals surface area contributed by atoms with Crippen LogP contribution in [0.2, 0.25) is 0 Å². The molecule has 7 nitrogen and oxygen atoms in total. The van der Waals surface area contributed by atoms with Gasteiger partial charge in [-0.05, 0) is 30.7 Å². The Labute approximate surface area is 162 Å². The van der Waals surface area contributed by atoms with Crippen LogP contribution in [0, 0.1) is 13.8 Å². The molecule has 7 heteroatoms. The van der Waals surface area contributed by atoms with Crippen molar-refractivity contribution in [2.45, 2.75) is 39.3 Å². The van der Waals surface area contributed by atoms with Crippen LogP contribution in [0.5, 0.6) is 5.75 Å². The second kappa shape index (κ2) is 6.51. The first-order valence-electron chi connectivity index (χ1n) is 9.64. The third-order valence-electron chi connectivity index (χ3n) is 5.44. The van der Waals surface area contributed by atoms with Crippen LogP contribution in [-0.2, 0) is 6.54 Å². The minimum Gasteiger partial charge on any atom is -0.490 e. The largest absolute Gasteiger partial charge is 0.490 e. The summed E-state index contributed by atoms with van der Waals surface area (Å²) in [6.07, 6.45) is 2.00. The molecule has 2 aromatic heterocycles. The van der Waals surface area contributed by atoms with E-state index >= 15 is 0 Å². The summed E-state index contributed by atoms with van der Waals surface area (Å²) in [6, 6.07) is 7.76. The van der Waals surface area contributed by atoms with Gasteiger partial charge in [-0.15, -0.1) is 0 Å². The SMILES string of the molecule is Cc1nc2ccc(OC3CCN(c4nc5c(cc4C)C(=O)NC5)CC3)cc2o1. The van der Waals surface area contributed by atoms with E-state index in [9.17, 15) is 4.79 Å². The van der Waals surface area contributed by atoms with Crippen LogP contribution in [0.15, 0.2) is 28.7 Å². The van der Waals surface area contributed by atoms with Gasteiger partial charge in [0.2, 0.25) is 0 Å². The van der Waals surface area contributed by atoms with Gasteiger partial charge in [-0.3, -0.25) is 4.79 Å². The van der Waals surface area contributed by atoms with Gasteiger partial charge >= 0.3 is 0 Å². The van der Waals surface area contributed by atoms with E-state index in [1.807, 2.05) is 38.1 Å². The summed E-state index contributed by atoms with van der Waals surface area (Å²) in [5, 5.41) is 2.84. The molecule has 0 bridgehead atoms. The number of fused-ring (bicyclic) bond motifs is 2. The fourth-order valence-electron chi connectivity index (χ4n) is 4.02. The molecule has 1 saturated heterocycles. The molecule has 144 valence electrons. The highest BCUT2D eigenvalue weighted by atomic mass is 16.5. The molecular formula is C21H22N4O3. The lowest BCUT2D eigenvalue weighted by Crippen LogP contribution is -2.39. The Bertz CT molecular complexity index is 1070. The van der Waals surface area contributed by atoms with E-state index in [0.29, 0.717) is 18.0 Å². The molecule has 5 rings (SSSR count). The fraction of sp³-hybridized carbons (Fsp3) is 0.381. The van der Waals surface area contributed by atoms with Crippen molar-refractivity contribution < 1.29 is 13.9 Å². The molecule has 4 heterocycles. The Morgan fingerprint density at radius 3 is 2.82 bits per heavy atom. The molecule has 28 heavy (non-hydrogen) atoms. The molecule has 3 aromatic rings. The maximum atomic E-state index is 11.8. The van der Waals surface area contributed by atoms with Gasteiger partial charge < -0.3 is 19.4 Å². The Morgan fingerprint density at radius 2 is 2.00 bits per heavy atom. The Balaban J connectivity index is 1.26. The van der Waals surface area contributed by atoms with E-state index in [0.717, 1.165) is 59.9 Å². The lowest BCUT2D eigenvalue weighted by molar-refractivity contribution is 0.0965. The first-order valence-corrected chi connectivity index (χ1v) is 9.64. The second-order valence-corrected chi connectivity index (χ2v) is 7.47. The lowest BCUT2D eigenvalue weighted by Gasteiger charge is -2.34. The normalized spacial score (nSPS) is 17.1. The molecular weight excluding hydrogens is 356 g/mol. The number of oxazole rings is 1. The van der Waals surface area contributed by atoms with Gasteiger partial charge in [-0.2, -0.15) is 0 Å². The number of rotatable bonds is 3. The Hall–Kier alpha value is -3.09. The average Bonchev–Trinajstić information content (AvgIpc) is 3.23. The van der Waals surface area contributed by atoms with E-state index in [1.54, 1.807) is 0 Å². The fourth-order valence-corrected chi connectivity index (χ4v) is 4.02. The van der Waals surface area contributed by atoms with Gasteiger partial charge in [0.25, 0.3) is 5.91 Å². The van der Waals surface area contributed by atoms with Crippen LogP contribution in [0.25, 0.3) is 11.1 Å². The van der Waals surface area contributed by atoms with Gasteiger partial charge in [0.05, 0.1) is 17.8 Å². The molecule has 0 spiro atoms. The molecule has 0 saturated carbocycles. The molecule has 2 aliphatic heterocycles. The van der Waals surface area contributed by atoms with Gasteiger partial charge in [0.1, 0.15) is 23.2 Å². The maximum Gasteiger partial charge on any atom is 0.253 e. The highest BCUT2D eigenvalue weighted by Crippen LogP contribution is 2.28. The monoisotopic (exact) mass is 378 g/mol. The van der Waals surface area contributed by atoms with Crippen molar-refractivity contribution in [3.63, 3.8) is 0 Å². The topological polar surface area (TPSA) is 80.5 Å². The molecule has 1 aromatic carbocycles. The molecule has 1 fully saturated rings. The highest BCUT2D eigenvalue weighted by molar-refractivity contribution is 5.98. The minimum absolute atomic E-state index is 0.0248. The average molecular weight is 378 g/mol. The van der Waals surface area contributed by atoms with Gasteiger partial charge in [0.15, 0.2) is 11.5 Å². The van der Waals surface area contributed by atoms with Crippen LogP contribution >= 0.6 is 0 Å². The van der Waals surface area contributed by atoms with Crippen LogP contribution in [0.3, 0.4) is 0 Å². The van der Waals surface area contributed by atoms with Gasteiger partial charge in [0, 0.05) is 38.9 Å². The van der Waals surface area contributed by atoms with Crippen LogP contribution in [0.4, 0.5) is 5.82 Å². The van der Waals surface area contributed by atoms with E-state index in [1.165, 1.54) is 0 Å². The number of ether oxygens (including phenoxy) is 1. The zero-order chi connectivity index (χ0) is 19.3. The number of carbonyl (C=O) groups excluding carboxylic acids is 1. The van der Waals surface area contributed by atoms with Crippen molar-refractivity contribution in [2.75, 3.05) is 18.0 Å². The van der Waals surface area contributed by atoms with Crippen molar-refractivity contribution in [1.29, 1.82) is 0 Å². The van der Waals surface area contributed by atoms with Crippen molar-refractivity contribution in [1.82, 2.24) is 15.3 Å². The van der Waals surface area contributed by atoms with E-state index in [2.05, 4.69) is 15.2 Å². The summed E-state index contributed by atoms with van der Waals surface area (Å²) in [7, 11) is 0. The molecule has 0 unspecified atom stereocenters. The zero-order valence-corrected chi connectivity index (χ0v) is 16.0. The molecule has 2 aliphatic rings. The number of nitrogens with one attached hydrogen (secondary N) is 1. The van der Waals surface area contributed by atoms with Crippen molar-refractivity contribution in [2.24, 2.45) is 0 Å². The summed E-state index contributed by atoms with van der Waals surface area (Å²) < 4.78 is 11.8. The first-order chi connectivity index (χ1) is 13.6. The summed E-state index contributed by atoms with van der Waals surface area (Å²) in [5.41, 5.74) is 4.21. The third kappa shape index (κ3) is 2.96. The van der Waals surface area contributed by atoms with Gasteiger partial charge in [-0.1, -0.05) is 0 Å². The maximum absolute atomic E-state index is 11.8. The standard InChI is InChI=1S/C21H22N4O3/c1-12-9-16-18(11-22-21(16)26)24-20(12)25-7-5-14(6-8-25)28-15-3-4-17-19(10-15)27-13(2)23-17/h3-4,9-10,14H,5-8,11H2,1-2H3,(H,22,26). The van der Waals surface area contributed by atoms with E-state index in [-0.39, 0.29) is 12.0 Å². The number of piperidine rings is 1. The molecule has 1 N–H and O–H groups in total. The smallest absolute Gasteiger partial charge is 0.253 e. The summed E-state index contributed by atoms with van der Waals surface area (Å²) in [5.74, 6) is 2.43. The van der Waals surface area contributed by atoms with Crippen molar-refractivity contribution in [3.8, 4) is 5.75 Å². The van der Waals surface area contributed by atoms with E-state index in [4.69, 9.17) is 14.1 Å². The molecule has 0 atom stereocenters. The number of aryl methyl sites for hydroxylation is 2. The lowest BCUT2D eigenvalue weighted by atomic mass is 10.1. The zero-order valence-electron chi connectivity index (χ0n) is 16.0. The first kappa shape index (κ1) is 17.0. The van der Waals surface area contributed by atoms with Crippen molar-refractivity contribution >= 4 is 22.8 Å². The van der Waals surface area contributed by atoms with Crippen LogP contribution in [-0.4, -0.2) is 35.1 Å².